The Morgan fingerprint density at radius 3 is 3.00 bits per heavy atom. The number of likely N-dealkylation sites (tertiary alicyclic amines) is 1. The second-order valence-electron chi connectivity index (χ2n) is 5.42. The summed E-state index contributed by atoms with van der Waals surface area (Å²) in [6.07, 6.45) is 0.874. The molecule has 0 bridgehead atoms. The molecule has 2 aromatic rings. The number of hydrogen-bond acceptors (Lipinski definition) is 3. The average molecular weight is 270 g/mol. The van der Waals surface area contributed by atoms with Crippen molar-refractivity contribution in [1.29, 1.82) is 0 Å². The second-order valence-corrected chi connectivity index (χ2v) is 5.42. The summed E-state index contributed by atoms with van der Waals surface area (Å²) in [5.74, 6) is 0.230. The first kappa shape index (κ1) is 13.1. The number of pyridine rings is 1. The summed E-state index contributed by atoms with van der Waals surface area (Å²) in [6.45, 7) is 3.43. The average Bonchev–Trinajstić information content (AvgIpc) is 2.94. The molecule has 104 valence electrons. The third kappa shape index (κ3) is 2.27. The first-order chi connectivity index (χ1) is 9.69. The van der Waals surface area contributed by atoms with Gasteiger partial charge in [0.25, 0.3) is 5.91 Å². The molecule has 1 aliphatic heterocycles. The fraction of sp³-hybridized carbons (Fsp3) is 0.375. The SMILES string of the molecule is Cc1ccc2cccc(C(=O)N3CCC(CO)C3)c2n1. The summed E-state index contributed by atoms with van der Waals surface area (Å²) >= 11 is 0. The van der Waals surface area contributed by atoms with Crippen LogP contribution in [0.2, 0.25) is 0 Å². The molecule has 1 saturated heterocycles. The van der Waals surface area contributed by atoms with E-state index in [1.807, 2.05) is 42.2 Å². The Balaban J connectivity index is 1.97. The number of aromatic nitrogens is 1. The molecule has 1 amide bonds. The van der Waals surface area contributed by atoms with E-state index in [0.717, 1.165) is 23.0 Å². The highest BCUT2D eigenvalue weighted by molar-refractivity contribution is 6.05. The number of carbonyl (C=O) groups is 1. The number of aryl methyl sites for hydroxylation is 1. The standard InChI is InChI=1S/C16H18N2O2/c1-11-5-6-13-3-2-4-14(15(13)17-11)16(20)18-8-7-12(9-18)10-19/h2-6,12,19H,7-10H2,1H3. The van der Waals surface area contributed by atoms with Gasteiger partial charge in [-0.05, 0) is 25.5 Å². The Morgan fingerprint density at radius 2 is 2.25 bits per heavy atom. The molecule has 1 aliphatic rings. The van der Waals surface area contributed by atoms with Gasteiger partial charge in [0.1, 0.15) is 0 Å². The van der Waals surface area contributed by atoms with Crippen molar-refractivity contribution in [3.8, 4) is 0 Å². The third-order valence-electron chi connectivity index (χ3n) is 3.92. The van der Waals surface area contributed by atoms with Crippen LogP contribution in [-0.4, -0.2) is 40.6 Å². The first-order valence-electron chi connectivity index (χ1n) is 6.95. The van der Waals surface area contributed by atoms with Gasteiger partial charge in [0.2, 0.25) is 0 Å². The van der Waals surface area contributed by atoms with E-state index in [4.69, 9.17) is 0 Å². The molecule has 0 radical (unpaired) electrons. The van der Waals surface area contributed by atoms with Gasteiger partial charge < -0.3 is 10.0 Å². The highest BCUT2D eigenvalue weighted by atomic mass is 16.3. The van der Waals surface area contributed by atoms with Gasteiger partial charge in [0.15, 0.2) is 0 Å². The van der Waals surface area contributed by atoms with E-state index in [1.165, 1.54) is 0 Å². The molecule has 1 aromatic carbocycles. The molecule has 0 spiro atoms. The minimum Gasteiger partial charge on any atom is -0.396 e. The summed E-state index contributed by atoms with van der Waals surface area (Å²) in [7, 11) is 0. The molecule has 1 aromatic heterocycles. The number of nitrogens with zero attached hydrogens (tertiary/aromatic N) is 2. The lowest BCUT2D eigenvalue weighted by Crippen LogP contribution is -2.29. The van der Waals surface area contributed by atoms with Gasteiger partial charge in [-0.15, -0.1) is 0 Å². The maximum Gasteiger partial charge on any atom is 0.256 e. The van der Waals surface area contributed by atoms with Gasteiger partial charge in [-0.25, -0.2) is 0 Å². The van der Waals surface area contributed by atoms with E-state index >= 15 is 0 Å². The van der Waals surface area contributed by atoms with Crippen LogP contribution in [-0.2, 0) is 0 Å². The first-order valence-corrected chi connectivity index (χ1v) is 6.95. The molecule has 0 aliphatic carbocycles. The van der Waals surface area contributed by atoms with Crippen LogP contribution in [0.5, 0.6) is 0 Å². The number of aliphatic hydroxyl groups excluding tert-OH is 1. The maximum atomic E-state index is 12.6. The Labute approximate surface area is 118 Å². The van der Waals surface area contributed by atoms with E-state index < -0.39 is 0 Å². The summed E-state index contributed by atoms with van der Waals surface area (Å²) in [4.78, 5) is 19.0. The highest BCUT2D eigenvalue weighted by Crippen LogP contribution is 2.22. The summed E-state index contributed by atoms with van der Waals surface area (Å²) in [5.41, 5.74) is 2.34. The Bertz CT molecular complexity index is 654. The smallest absolute Gasteiger partial charge is 0.256 e. The van der Waals surface area contributed by atoms with Crippen molar-refractivity contribution in [2.45, 2.75) is 13.3 Å². The van der Waals surface area contributed by atoms with Crippen molar-refractivity contribution in [3.05, 3.63) is 41.6 Å². The van der Waals surface area contributed by atoms with E-state index in [1.54, 1.807) is 0 Å². The molecule has 1 unspecified atom stereocenters. The fourth-order valence-corrected chi connectivity index (χ4v) is 2.75. The molecular formula is C16H18N2O2. The van der Waals surface area contributed by atoms with Crippen molar-refractivity contribution >= 4 is 16.8 Å². The van der Waals surface area contributed by atoms with Crippen LogP contribution in [0, 0.1) is 12.8 Å². The molecular weight excluding hydrogens is 252 g/mol. The molecule has 1 fully saturated rings. The van der Waals surface area contributed by atoms with Crippen molar-refractivity contribution in [2.24, 2.45) is 5.92 Å². The monoisotopic (exact) mass is 270 g/mol. The topological polar surface area (TPSA) is 53.4 Å². The zero-order valence-corrected chi connectivity index (χ0v) is 11.5. The van der Waals surface area contributed by atoms with Gasteiger partial charge >= 0.3 is 0 Å². The molecule has 4 nitrogen and oxygen atoms in total. The van der Waals surface area contributed by atoms with Crippen LogP contribution in [0.15, 0.2) is 30.3 Å². The van der Waals surface area contributed by atoms with Crippen molar-refractivity contribution < 1.29 is 9.90 Å². The molecule has 1 atom stereocenters. The van der Waals surface area contributed by atoms with Gasteiger partial charge in [0.05, 0.1) is 11.1 Å². The largest absolute Gasteiger partial charge is 0.396 e. The molecule has 4 heteroatoms. The molecule has 3 rings (SSSR count). The zero-order valence-electron chi connectivity index (χ0n) is 11.5. The Hall–Kier alpha value is -1.94. The normalized spacial score (nSPS) is 18.7. The van der Waals surface area contributed by atoms with Gasteiger partial charge in [0, 0.05) is 36.7 Å². The van der Waals surface area contributed by atoms with Crippen molar-refractivity contribution in [3.63, 3.8) is 0 Å². The number of para-hydroxylation sites is 1. The lowest BCUT2D eigenvalue weighted by molar-refractivity contribution is 0.0783. The van der Waals surface area contributed by atoms with E-state index in [-0.39, 0.29) is 18.4 Å². The summed E-state index contributed by atoms with van der Waals surface area (Å²) < 4.78 is 0. The van der Waals surface area contributed by atoms with Gasteiger partial charge in [-0.1, -0.05) is 18.2 Å². The number of carbonyl (C=O) groups excluding carboxylic acids is 1. The molecule has 20 heavy (non-hydrogen) atoms. The van der Waals surface area contributed by atoms with Crippen LogP contribution in [0.3, 0.4) is 0 Å². The maximum absolute atomic E-state index is 12.6. The summed E-state index contributed by atoms with van der Waals surface area (Å²) in [6, 6.07) is 9.65. The molecule has 2 heterocycles. The number of amides is 1. The lowest BCUT2D eigenvalue weighted by Gasteiger charge is -2.17. The predicted octanol–water partition coefficient (Wildman–Crippen LogP) is 2.00. The molecule has 0 saturated carbocycles. The quantitative estimate of drug-likeness (QED) is 0.908. The minimum atomic E-state index is 0.0182. The van der Waals surface area contributed by atoms with Gasteiger partial charge in [-0.3, -0.25) is 9.78 Å². The lowest BCUT2D eigenvalue weighted by atomic mass is 10.1. The number of hydrogen-bond donors (Lipinski definition) is 1. The van der Waals surface area contributed by atoms with Crippen LogP contribution in [0.25, 0.3) is 10.9 Å². The van der Waals surface area contributed by atoms with Crippen LogP contribution in [0.1, 0.15) is 22.5 Å². The minimum absolute atomic E-state index is 0.0182. The third-order valence-corrected chi connectivity index (χ3v) is 3.92. The molecule has 1 N–H and O–H groups in total. The van der Waals surface area contributed by atoms with E-state index in [2.05, 4.69) is 4.98 Å². The van der Waals surface area contributed by atoms with Crippen LogP contribution < -0.4 is 0 Å². The van der Waals surface area contributed by atoms with E-state index in [0.29, 0.717) is 18.7 Å². The van der Waals surface area contributed by atoms with Crippen molar-refractivity contribution in [2.75, 3.05) is 19.7 Å². The predicted molar refractivity (Wildman–Crippen MR) is 77.6 cm³/mol. The highest BCUT2D eigenvalue weighted by Gasteiger charge is 2.27. The van der Waals surface area contributed by atoms with Gasteiger partial charge in [-0.2, -0.15) is 0 Å². The second kappa shape index (κ2) is 5.21. The number of benzene rings is 1. The summed E-state index contributed by atoms with van der Waals surface area (Å²) in [5, 5.41) is 10.2. The zero-order chi connectivity index (χ0) is 14.1. The van der Waals surface area contributed by atoms with Crippen molar-refractivity contribution in [1.82, 2.24) is 9.88 Å². The number of fused-ring (bicyclic) bond motifs is 1. The Morgan fingerprint density at radius 1 is 1.40 bits per heavy atom. The number of rotatable bonds is 2. The fourth-order valence-electron chi connectivity index (χ4n) is 2.75. The number of aliphatic hydroxyl groups is 1. The van der Waals surface area contributed by atoms with Crippen LogP contribution >= 0.6 is 0 Å². The Kier molecular flexibility index (Phi) is 3.40. The van der Waals surface area contributed by atoms with Crippen LogP contribution in [0.4, 0.5) is 0 Å². The van der Waals surface area contributed by atoms with E-state index in [9.17, 15) is 9.90 Å².